The number of aryl methyl sites for hydroxylation is 1. The number of aromatic nitrogens is 1. The zero-order chi connectivity index (χ0) is 11.5. The Bertz CT molecular complexity index is 519. The van der Waals surface area contributed by atoms with E-state index in [1.165, 1.54) is 0 Å². The molecule has 0 fully saturated rings. The number of rotatable bonds is 2. The van der Waals surface area contributed by atoms with Gasteiger partial charge in [0.05, 0.1) is 16.3 Å². The van der Waals surface area contributed by atoms with E-state index in [-0.39, 0.29) is 5.91 Å². The summed E-state index contributed by atoms with van der Waals surface area (Å²) in [5.74, 6) is -0.160. The number of amides is 1. The van der Waals surface area contributed by atoms with Crippen LogP contribution in [0.4, 0.5) is 5.69 Å². The molecule has 0 aliphatic heterocycles. The number of hydrogen-bond acceptors (Lipinski definition) is 1. The Balaban J connectivity index is 2.21. The number of hydrogen-bond donors (Lipinski definition) is 2. The zero-order valence-corrected chi connectivity index (χ0v) is 9.51. The highest BCUT2D eigenvalue weighted by molar-refractivity contribution is 6.33. The van der Waals surface area contributed by atoms with Gasteiger partial charge in [0, 0.05) is 11.9 Å². The van der Waals surface area contributed by atoms with Gasteiger partial charge >= 0.3 is 0 Å². The highest BCUT2D eigenvalue weighted by Gasteiger charge is 2.10. The largest absolute Gasteiger partial charge is 0.365 e. The highest BCUT2D eigenvalue weighted by atomic mass is 35.5. The van der Waals surface area contributed by atoms with E-state index in [1.807, 2.05) is 19.1 Å². The maximum absolute atomic E-state index is 11.9. The van der Waals surface area contributed by atoms with Crippen molar-refractivity contribution >= 4 is 23.2 Å². The summed E-state index contributed by atoms with van der Waals surface area (Å²) in [6.45, 7) is 1.85. The molecule has 0 saturated carbocycles. The van der Waals surface area contributed by atoms with Gasteiger partial charge < -0.3 is 10.3 Å². The maximum Gasteiger partial charge on any atom is 0.257 e. The van der Waals surface area contributed by atoms with Gasteiger partial charge in [0.2, 0.25) is 0 Å². The third-order valence-corrected chi connectivity index (χ3v) is 2.65. The molecule has 0 radical (unpaired) electrons. The van der Waals surface area contributed by atoms with Crippen LogP contribution in [-0.2, 0) is 0 Å². The minimum Gasteiger partial charge on any atom is -0.365 e. The Kier molecular flexibility index (Phi) is 2.97. The molecule has 2 N–H and O–H groups in total. The molecule has 2 rings (SSSR count). The lowest BCUT2D eigenvalue weighted by atomic mass is 10.2. The lowest BCUT2D eigenvalue weighted by Gasteiger charge is -2.06. The lowest BCUT2D eigenvalue weighted by molar-refractivity contribution is 0.102. The SMILES string of the molecule is Cc1[nH]ccc1C(=O)Nc1ccccc1Cl. The molecule has 0 spiro atoms. The Morgan fingerprint density at radius 2 is 2.06 bits per heavy atom. The number of H-pyrrole nitrogens is 1. The average Bonchev–Trinajstić information content (AvgIpc) is 2.68. The summed E-state index contributed by atoms with van der Waals surface area (Å²) in [5, 5.41) is 3.29. The molecule has 3 nitrogen and oxygen atoms in total. The summed E-state index contributed by atoms with van der Waals surface area (Å²) in [6, 6.07) is 8.88. The number of anilines is 1. The molecular formula is C12H11ClN2O. The van der Waals surface area contributed by atoms with Gasteiger partial charge in [0.1, 0.15) is 0 Å². The van der Waals surface area contributed by atoms with E-state index in [0.717, 1.165) is 5.69 Å². The van der Waals surface area contributed by atoms with Gasteiger partial charge in [0.15, 0.2) is 0 Å². The summed E-state index contributed by atoms with van der Waals surface area (Å²) >= 11 is 5.95. The van der Waals surface area contributed by atoms with Crippen LogP contribution in [0.15, 0.2) is 36.5 Å². The molecule has 0 saturated heterocycles. The van der Waals surface area contributed by atoms with Crippen LogP contribution in [0.25, 0.3) is 0 Å². The highest BCUT2D eigenvalue weighted by Crippen LogP contribution is 2.21. The first kappa shape index (κ1) is 10.8. The predicted molar refractivity (Wildman–Crippen MR) is 64.9 cm³/mol. The third-order valence-electron chi connectivity index (χ3n) is 2.32. The number of para-hydroxylation sites is 1. The summed E-state index contributed by atoms with van der Waals surface area (Å²) in [5.41, 5.74) is 2.08. The normalized spacial score (nSPS) is 10.1. The summed E-state index contributed by atoms with van der Waals surface area (Å²) in [6.07, 6.45) is 1.73. The first-order valence-electron chi connectivity index (χ1n) is 4.88. The fraction of sp³-hybridized carbons (Fsp3) is 0.0833. The lowest BCUT2D eigenvalue weighted by Crippen LogP contribution is -2.12. The van der Waals surface area contributed by atoms with Crippen LogP contribution in [0.5, 0.6) is 0 Å². The summed E-state index contributed by atoms with van der Waals surface area (Å²) in [4.78, 5) is 14.8. The molecule has 82 valence electrons. The molecule has 1 aromatic heterocycles. The van der Waals surface area contributed by atoms with Crippen LogP contribution in [0, 0.1) is 6.92 Å². The Labute approximate surface area is 98.4 Å². The molecule has 16 heavy (non-hydrogen) atoms. The number of benzene rings is 1. The number of nitrogens with one attached hydrogen (secondary N) is 2. The number of halogens is 1. The first-order chi connectivity index (χ1) is 7.68. The molecule has 0 unspecified atom stereocenters. The van der Waals surface area contributed by atoms with Crippen LogP contribution in [0.2, 0.25) is 5.02 Å². The standard InChI is InChI=1S/C12H11ClN2O/c1-8-9(6-7-14-8)12(16)15-11-5-3-2-4-10(11)13/h2-7,14H,1H3,(H,15,16). The number of carbonyl (C=O) groups excluding carboxylic acids is 1. The summed E-state index contributed by atoms with van der Waals surface area (Å²) in [7, 11) is 0. The van der Waals surface area contributed by atoms with Gasteiger partial charge in [-0.05, 0) is 25.1 Å². The molecular weight excluding hydrogens is 224 g/mol. The average molecular weight is 235 g/mol. The first-order valence-corrected chi connectivity index (χ1v) is 5.26. The predicted octanol–water partition coefficient (Wildman–Crippen LogP) is 3.23. The molecule has 1 heterocycles. The molecule has 0 aliphatic rings. The zero-order valence-electron chi connectivity index (χ0n) is 8.75. The Morgan fingerprint density at radius 3 is 2.69 bits per heavy atom. The topological polar surface area (TPSA) is 44.9 Å². The van der Waals surface area contributed by atoms with Crippen molar-refractivity contribution < 1.29 is 4.79 Å². The second-order valence-electron chi connectivity index (χ2n) is 3.45. The number of aromatic amines is 1. The van der Waals surface area contributed by atoms with Crippen molar-refractivity contribution in [2.24, 2.45) is 0 Å². The molecule has 1 amide bonds. The van der Waals surface area contributed by atoms with Crippen molar-refractivity contribution in [3.05, 3.63) is 52.8 Å². The number of carbonyl (C=O) groups is 1. The van der Waals surface area contributed by atoms with E-state index in [1.54, 1.807) is 24.4 Å². The van der Waals surface area contributed by atoms with Crippen molar-refractivity contribution in [3.63, 3.8) is 0 Å². The maximum atomic E-state index is 11.9. The fourth-order valence-electron chi connectivity index (χ4n) is 1.45. The van der Waals surface area contributed by atoms with E-state index in [4.69, 9.17) is 11.6 Å². The smallest absolute Gasteiger partial charge is 0.257 e. The molecule has 0 atom stereocenters. The van der Waals surface area contributed by atoms with Crippen LogP contribution >= 0.6 is 11.6 Å². The van der Waals surface area contributed by atoms with Crippen molar-refractivity contribution in [2.75, 3.05) is 5.32 Å². The molecule has 2 aromatic rings. The second kappa shape index (κ2) is 4.41. The van der Waals surface area contributed by atoms with Crippen molar-refractivity contribution in [1.82, 2.24) is 4.98 Å². The minimum atomic E-state index is -0.160. The molecule has 0 bridgehead atoms. The van der Waals surface area contributed by atoms with Gasteiger partial charge in [-0.15, -0.1) is 0 Å². The van der Waals surface area contributed by atoms with Gasteiger partial charge in [-0.2, -0.15) is 0 Å². The van der Waals surface area contributed by atoms with Gasteiger partial charge in [0.25, 0.3) is 5.91 Å². The second-order valence-corrected chi connectivity index (χ2v) is 3.86. The van der Waals surface area contributed by atoms with Crippen molar-refractivity contribution in [1.29, 1.82) is 0 Å². The van der Waals surface area contributed by atoms with Gasteiger partial charge in [-0.3, -0.25) is 4.79 Å². The fourth-order valence-corrected chi connectivity index (χ4v) is 1.63. The van der Waals surface area contributed by atoms with E-state index < -0.39 is 0 Å². The van der Waals surface area contributed by atoms with Crippen LogP contribution < -0.4 is 5.32 Å². The Morgan fingerprint density at radius 1 is 1.31 bits per heavy atom. The van der Waals surface area contributed by atoms with E-state index >= 15 is 0 Å². The molecule has 0 aliphatic carbocycles. The van der Waals surface area contributed by atoms with E-state index in [0.29, 0.717) is 16.3 Å². The van der Waals surface area contributed by atoms with Gasteiger partial charge in [-0.1, -0.05) is 23.7 Å². The van der Waals surface area contributed by atoms with Crippen molar-refractivity contribution in [2.45, 2.75) is 6.92 Å². The Hall–Kier alpha value is -1.74. The van der Waals surface area contributed by atoms with E-state index in [2.05, 4.69) is 10.3 Å². The molecule has 1 aromatic carbocycles. The van der Waals surface area contributed by atoms with E-state index in [9.17, 15) is 4.79 Å². The van der Waals surface area contributed by atoms with Crippen LogP contribution in [0.1, 0.15) is 16.1 Å². The van der Waals surface area contributed by atoms with Crippen LogP contribution in [-0.4, -0.2) is 10.9 Å². The van der Waals surface area contributed by atoms with Gasteiger partial charge in [-0.25, -0.2) is 0 Å². The minimum absolute atomic E-state index is 0.160. The quantitative estimate of drug-likeness (QED) is 0.823. The van der Waals surface area contributed by atoms with Crippen LogP contribution in [0.3, 0.4) is 0 Å². The van der Waals surface area contributed by atoms with Crippen molar-refractivity contribution in [3.8, 4) is 0 Å². The third kappa shape index (κ3) is 2.09. The summed E-state index contributed by atoms with van der Waals surface area (Å²) < 4.78 is 0. The monoisotopic (exact) mass is 234 g/mol. The molecule has 4 heteroatoms.